The molecule has 0 saturated carbocycles. The van der Waals surface area contributed by atoms with Crippen LogP contribution in [0.15, 0.2) is 22.8 Å². The smallest absolute Gasteiger partial charge is 0.339 e. The zero-order valence-electron chi connectivity index (χ0n) is 9.04. The van der Waals surface area contributed by atoms with Crippen molar-refractivity contribution in [2.75, 3.05) is 5.73 Å². The molecule has 0 bridgehead atoms. The second-order valence-corrected chi connectivity index (χ2v) is 4.66. The number of hydrogen-bond donors (Lipinski definition) is 3. The molecule has 7 heteroatoms. The van der Waals surface area contributed by atoms with E-state index in [0.29, 0.717) is 0 Å². The largest absolute Gasteiger partial charge is 0.509 e. The molecule has 1 heterocycles. The van der Waals surface area contributed by atoms with Gasteiger partial charge in [0.1, 0.15) is 16.3 Å². The van der Waals surface area contributed by atoms with Crippen LogP contribution in [-0.4, -0.2) is 16.2 Å². The summed E-state index contributed by atoms with van der Waals surface area (Å²) in [7, 11) is 0. The van der Waals surface area contributed by atoms with E-state index in [1.807, 2.05) is 0 Å². The quantitative estimate of drug-likeness (QED) is 0.772. The van der Waals surface area contributed by atoms with Gasteiger partial charge in [0.25, 0.3) is 0 Å². The van der Waals surface area contributed by atoms with E-state index in [1.165, 1.54) is 5.38 Å². The molecular formula is C11H9F2NO3S. The summed E-state index contributed by atoms with van der Waals surface area (Å²) >= 11 is 0.952. The lowest BCUT2D eigenvalue weighted by atomic mass is 9.94. The van der Waals surface area contributed by atoms with Gasteiger partial charge in [-0.15, -0.1) is 11.3 Å². The third-order valence-electron chi connectivity index (χ3n) is 2.68. The summed E-state index contributed by atoms with van der Waals surface area (Å²) in [5, 5.41) is 19.5. The van der Waals surface area contributed by atoms with E-state index in [4.69, 9.17) is 15.9 Å². The topological polar surface area (TPSA) is 83.5 Å². The Morgan fingerprint density at radius 2 is 2.00 bits per heavy atom. The molecule has 0 aromatic carbocycles. The summed E-state index contributed by atoms with van der Waals surface area (Å²) < 4.78 is 27.0. The van der Waals surface area contributed by atoms with Gasteiger partial charge in [-0.05, 0) is 6.42 Å². The molecule has 0 aliphatic heterocycles. The lowest BCUT2D eigenvalue weighted by Gasteiger charge is -2.14. The predicted molar refractivity (Wildman–Crippen MR) is 63.7 cm³/mol. The van der Waals surface area contributed by atoms with Gasteiger partial charge in [0, 0.05) is 22.9 Å². The summed E-state index contributed by atoms with van der Waals surface area (Å²) in [5.41, 5.74) is 5.27. The van der Waals surface area contributed by atoms with Crippen LogP contribution in [0.1, 0.15) is 28.8 Å². The predicted octanol–water partition coefficient (Wildman–Crippen LogP) is 3.24. The average molecular weight is 273 g/mol. The fraction of sp³-hybridized carbons (Fsp3) is 0.182. The summed E-state index contributed by atoms with van der Waals surface area (Å²) in [5.74, 6) is -4.50. The lowest BCUT2D eigenvalue weighted by Crippen LogP contribution is -2.06. The first-order valence-corrected chi connectivity index (χ1v) is 5.88. The second kappa shape index (κ2) is 4.41. The molecule has 0 amide bonds. The summed E-state index contributed by atoms with van der Waals surface area (Å²) in [4.78, 5) is 11.0. The molecule has 0 spiro atoms. The zero-order chi connectivity index (χ0) is 13.4. The SMILES string of the molecule is Nc1scc(C2=C(F)C(F)=C(O)CC2)c1C(=O)O. The molecule has 1 aromatic rings. The first kappa shape index (κ1) is 12.6. The van der Waals surface area contributed by atoms with Gasteiger partial charge in [-0.3, -0.25) is 0 Å². The van der Waals surface area contributed by atoms with Crippen molar-refractivity contribution < 1.29 is 23.8 Å². The van der Waals surface area contributed by atoms with Crippen molar-refractivity contribution in [3.63, 3.8) is 0 Å². The Morgan fingerprint density at radius 3 is 2.61 bits per heavy atom. The molecule has 18 heavy (non-hydrogen) atoms. The maximum absolute atomic E-state index is 13.7. The molecule has 0 saturated heterocycles. The number of aliphatic hydroxyl groups excluding tert-OH is 1. The van der Waals surface area contributed by atoms with E-state index in [0.717, 1.165) is 11.3 Å². The Balaban J connectivity index is 2.61. The highest BCUT2D eigenvalue weighted by molar-refractivity contribution is 7.14. The number of carboxylic acid groups (broad SMARTS) is 1. The minimum Gasteiger partial charge on any atom is -0.509 e. The number of halogens is 2. The summed E-state index contributed by atoms with van der Waals surface area (Å²) in [6.45, 7) is 0. The van der Waals surface area contributed by atoms with Crippen molar-refractivity contribution in [3.8, 4) is 0 Å². The second-order valence-electron chi connectivity index (χ2n) is 3.75. The standard InChI is InChI=1S/C11H9F2NO3S/c12-8-4(1-2-6(15)9(8)13)5-3-18-10(14)7(5)11(16)17/h3,15H,1-2,14H2,(H,16,17). The highest BCUT2D eigenvalue weighted by Crippen LogP contribution is 2.40. The van der Waals surface area contributed by atoms with Crippen molar-refractivity contribution >= 4 is 27.9 Å². The molecule has 0 unspecified atom stereocenters. The number of nitrogen functional groups attached to an aromatic ring is 1. The molecule has 1 aromatic heterocycles. The molecule has 4 nitrogen and oxygen atoms in total. The van der Waals surface area contributed by atoms with Gasteiger partial charge in [0.2, 0.25) is 0 Å². The normalized spacial score (nSPS) is 16.3. The Hall–Kier alpha value is -1.89. The number of carboxylic acids is 1. The lowest BCUT2D eigenvalue weighted by molar-refractivity contribution is 0.0698. The van der Waals surface area contributed by atoms with Gasteiger partial charge in [0.05, 0.1) is 0 Å². The summed E-state index contributed by atoms with van der Waals surface area (Å²) in [6, 6.07) is 0. The number of hydrogen-bond acceptors (Lipinski definition) is 4. The van der Waals surface area contributed by atoms with E-state index in [-0.39, 0.29) is 34.5 Å². The number of aliphatic hydroxyl groups is 1. The van der Waals surface area contributed by atoms with E-state index >= 15 is 0 Å². The molecule has 4 N–H and O–H groups in total. The molecule has 1 aliphatic rings. The van der Waals surface area contributed by atoms with Crippen LogP contribution in [-0.2, 0) is 0 Å². The molecule has 2 rings (SSSR count). The average Bonchev–Trinajstić information content (AvgIpc) is 2.68. The molecule has 0 fully saturated rings. The minimum atomic E-state index is -1.34. The number of carbonyl (C=O) groups is 1. The van der Waals surface area contributed by atoms with E-state index < -0.39 is 23.4 Å². The van der Waals surface area contributed by atoms with Crippen LogP contribution < -0.4 is 5.73 Å². The minimum absolute atomic E-state index is 0.0293. The van der Waals surface area contributed by atoms with Crippen molar-refractivity contribution in [1.82, 2.24) is 0 Å². The molecule has 96 valence electrons. The number of allylic oxidation sites excluding steroid dienone is 4. The van der Waals surface area contributed by atoms with Crippen molar-refractivity contribution in [2.24, 2.45) is 0 Å². The first-order valence-electron chi connectivity index (χ1n) is 5.00. The van der Waals surface area contributed by atoms with Gasteiger partial charge in [-0.1, -0.05) is 0 Å². The van der Waals surface area contributed by atoms with Gasteiger partial charge < -0.3 is 15.9 Å². The third kappa shape index (κ3) is 1.86. The molecule has 0 radical (unpaired) electrons. The number of rotatable bonds is 2. The van der Waals surface area contributed by atoms with E-state index in [1.54, 1.807) is 0 Å². The van der Waals surface area contributed by atoms with Gasteiger partial charge in [-0.2, -0.15) is 0 Å². The zero-order valence-corrected chi connectivity index (χ0v) is 9.85. The Labute approximate surface area is 105 Å². The van der Waals surface area contributed by atoms with Gasteiger partial charge in [0.15, 0.2) is 11.7 Å². The monoisotopic (exact) mass is 273 g/mol. The molecule has 1 aliphatic carbocycles. The highest BCUT2D eigenvalue weighted by atomic mass is 32.1. The number of anilines is 1. The number of nitrogens with two attached hydrogens (primary N) is 1. The van der Waals surface area contributed by atoms with E-state index in [2.05, 4.69) is 0 Å². The number of thiophene rings is 1. The Bertz CT molecular complexity index is 589. The van der Waals surface area contributed by atoms with Crippen molar-refractivity contribution in [2.45, 2.75) is 12.8 Å². The van der Waals surface area contributed by atoms with Gasteiger partial charge >= 0.3 is 5.97 Å². The highest BCUT2D eigenvalue weighted by Gasteiger charge is 2.27. The molecule has 0 atom stereocenters. The summed E-state index contributed by atoms with van der Waals surface area (Å²) in [6.07, 6.45) is -0.0368. The van der Waals surface area contributed by atoms with Crippen LogP contribution in [0.2, 0.25) is 0 Å². The van der Waals surface area contributed by atoms with Crippen LogP contribution in [0.4, 0.5) is 13.8 Å². The van der Waals surface area contributed by atoms with Crippen LogP contribution >= 0.6 is 11.3 Å². The fourth-order valence-corrected chi connectivity index (χ4v) is 2.61. The van der Waals surface area contributed by atoms with Crippen LogP contribution in [0.25, 0.3) is 5.57 Å². The van der Waals surface area contributed by atoms with Crippen LogP contribution in [0.3, 0.4) is 0 Å². The van der Waals surface area contributed by atoms with Crippen molar-refractivity contribution in [1.29, 1.82) is 0 Å². The third-order valence-corrected chi connectivity index (χ3v) is 3.49. The fourth-order valence-electron chi connectivity index (χ4n) is 1.79. The first-order chi connectivity index (χ1) is 8.43. The van der Waals surface area contributed by atoms with Crippen LogP contribution in [0, 0.1) is 0 Å². The number of aromatic carboxylic acids is 1. The Morgan fingerprint density at radius 1 is 1.33 bits per heavy atom. The molecular weight excluding hydrogens is 264 g/mol. The Kier molecular flexibility index (Phi) is 3.08. The van der Waals surface area contributed by atoms with E-state index in [9.17, 15) is 13.6 Å². The maximum Gasteiger partial charge on any atom is 0.339 e. The maximum atomic E-state index is 13.7. The van der Waals surface area contributed by atoms with Crippen molar-refractivity contribution in [3.05, 3.63) is 33.9 Å². The van der Waals surface area contributed by atoms with Gasteiger partial charge in [-0.25, -0.2) is 13.6 Å². The van der Waals surface area contributed by atoms with Crippen LogP contribution in [0.5, 0.6) is 0 Å².